The molecule has 0 aliphatic carbocycles. The summed E-state index contributed by atoms with van der Waals surface area (Å²) in [5.41, 5.74) is 4.03. The molecule has 4 rings (SSSR count). The van der Waals surface area contributed by atoms with E-state index in [-0.39, 0.29) is 17.2 Å². The third kappa shape index (κ3) is 3.66. The van der Waals surface area contributed by atoms with E-state index in [0.29, 0.717) is 21.7 Å². The highest BCUT2D eigenvalue weighted by Gasteiger charge is 2.24. The van der Waals surface area contributed by atoms with E-state index in [0.717, 1.165) is 0 Å². The molecule has 0 saturated heterocycles. The molecule has 0 fully saturated rings. The molecular formula is C20H15ClN4O3. The largest absolute Gasteiger partial charge is 0.466 e. The molecule has 8 heteroatoms. The number of halogens is 1. The highest BCUT2D eigenvalue weighted by atomic mass is 35.5. The zero-order valence-electron chi connectivity index (χ0n) is 14.5. The van der Waals surface area contributed by atoms with Gasteiger partial charge in [0.25, 0.3) is 5.56 Å². The van der Waals surface area contributed by atoms with Crippen molar-refractivity contribution in [1.29, 1.82) is 0 Å². The van der Waals surface area contributed by atoms with Gasteiger partial charge in [-0.2, -0.15) is 5.10 Å². The van der Waals surface area contributed by atoms with Crippen LogP contribution in [0.5, 0.6) is 0 Å². The number of furan rings is 1. The van der Waals surface area contributed by atoms with Gasteiger partial charge in [-0.3, -0.25) is 10.2 Å². The summed E-state index contributed by atoms with van der Waals surface area (Å²) in [6, 6.07) is 17.3. The minimum Gasteiger partial charge on any atom is -0.466 e. The fourth-order valence-electron chi connectivity index (χ4n) is 2.69. The van der Waals surface area contributed by atoms with Gasteiger partial charge in [0.2, 0.25) is 0 Å². The van der Waals surface area contributed by atoms with Crippen molar-refractivity contribution in [3.05, 3.63) is 93.8 Å². The first-order chi connectivity index (χ1) is 13.6. The van der Waals surface area contributed by atoms with Crippen molar-refractivity contribution in [1.82, 2.24) is 9.97 Å². The van der Waals surface area contributed by atoms with Crippen molar-refractivity contribution in [2.24, 2.45) is 5.10 Å². The molecule has 0 aliphatic rings. The molecule has 4 aromatic rings. The van der Waals surface area contributed by atoms with Crippen LogP contribution in [0.4, 0.5) is 5.69 Å². The molecule has 0 radical (unpaired) electrons. The van der Waals surface area contributed by atoms with Crippen molar-refractivity contribution in [2.75, 3.05) is 5.43 Å². The van der Waals surface area contributed by atoms with Gasteiger partial charge in [-0.15, -0.1) is 0 Å². The number of nitrogens with one attached hydrogen (secondary N) is 2. The van der Waals surface area contributed by atoms with Crippen LogP contribution in [0.2, 0.25) is 5.02 Å². The fraction of sp³-hybridized carbons (Fsp3) is 0.0500. The lowest BCUT2D eigenvalue weighted by Crippen LogP contribution is -2.26. The van der Waals surface area contributed by atoms with Crippen LogP contribution >= 0.6 is 11.6 Å². The van der Waals surface area contributed by atoms with Crippen LogP contribution in [0.25, 0.3) is 11.0 Å². The number of fused-ring (bicyclic) bond motifs is 1. The Balaban J connectivity index is 1.83. The minimum absolute atomic E-state index is 0.0249. The molecule has 0 spiro atoms. The second-order valence-corrected chi connectivity index (χ2v) is 6.41. The fourth-order valence-corrected chi connectivity index (χ4v) is 2.87. The number of hydrogen-bond donors (Lipinski definition) is 3. The molecule has 1 atom stereocenters. The van der Waals surface area contributed by atoms with Crippen LogP contribution in [0.3, 0.4) is 0 Å². The quantitative estimate of drug-likeness (QED) is 0.353. The number of benzene rings is 2. The summed E-state index contributed by atoms with van der Waals surface area (Å²) < 4.78 is 5.28. The SMILES string of the molecule is O=c1[nH]c2cc(Cl)ccc2nc1/C(=N/Nc1ccccc1)[C@H](O)c1ccco1. The molecule has 2 heterocycles. The van der Waals surface area contributed by atoms with Gasteiger partial charge in [0.1, 0.15) is 11.5 Å². The molecule has 0 saturated carbocycles. The van der Waals surface area contributed by atoms with Gasteiger partial charge < -0.3 is 14.5 Å². The Morgan fingerprint density at radius 1 is 1.18 bits per heavy atom. The number of aliphatic hydroxyl groups is 1. The van der Waals surface area contributed by atoms with E-state index in [1.54, 1.807) is 42.5 Å². The molecular weight excluding hydrogens is 380 g/mol. The predicted octanol–water partition coefficient (Wildman–Crippen LogP) is 3.72. The van der Waals surface area contributed by atoms with Crippen molar-refractivity contribution in [2.45, 2.75) is 6.10 Å². The zero-order chi connectivity index (χ0) is 19.5. The predicted molar refractivity (Wildman–Crippen MR) is 108 cm³/mol. The Morgan fingerprint density at radius 2 is 2.00 bits per heavy atom. The van der Waals surface area contributed by atoms with E-state index < -0.39 is 11.7 Å². The van der Waals surface area contributed by atoms with Gasteiger partial charge in [-0.05, 0) is 42.5 Å². The Kier molecular flexibility index (Phi) is 4.92. The molecule has 0 aliphatic heterocycles. The first-order valence-electron chi connectivity index (χ1n) is 8.42. The average Bonchev–Trinajstić information content (AvgIpc) is 3.24. The van der Waals surface area contributed by atoms with E-state index in [4.69, 9.17) is 16.0 Å². The summed E-state index contributed by atoms with van der Waals surface area (Å²) in [5, 5.41) is 15.5. The number of hydrogen-bond acceptors (Lipinski definition) is 6. The molecule has 2 aromatic heterocycles. The van der Waals surface area contributed by atoms with Crippen molar-refractivity contribution in [3.63, 3.8) is 0 Å². The number of para-hydroxylation sites is 1. The number of H-pyrrole nitrogens is 1. The van der Waals surface area contributed by atoms with E-state index in [2.05, 4.69) is 20.5 Å². The zero-order valence-corrected chi connectivity index (χ0v) is 15.2. The van der Waals surface area contributed by atoms with Crippen LogP contribution < -0.4 is 11.0 Å². The van der Waals surface area contributed by atoms with Gasteiger partial charge in [0.15, 0.2) is 11.8 Å². The highest BCUT2D eigenvalue weighted by Crippen LogP contribution is 2.20. The summed E-state index contributed by atoms with van der Waals surface area (Å²) in [5.74, 6) is 0.242. The molecule has 3 N–H and O–H groups in total. The first-order valence-corrected chi connectivity index (χ1v) is 8.79. The lowest BCUT2D eigenvalue weighted by molar-refractivity contribution is 0.215. The Bertz CT molecular complexity index is 1190. The monoisotopic (exact) mass is 394 g/mol. The standard InChI is InChI=1S/C20H15ClN4O3/c21-12-8-9-14-15(11-12)23-20(27)18(22-14)17(19(26)16-7-4-10-28-16)25-24-13-5-2-1-3-6-13/h1-11,19,24,26H,(H,23,27)/b25-17-/t19-/m1/s1. The summed E-state index contributed by atoms with van der Waals surface area (Å²) in [6.07, 6.45) is 0.144. The number of rotatable bonds is 5. The number of nitrogens with zero attached hydrogens (tertiary/aromatic N) is 2. The summed E-state index contributed by atoms with van der Waals surface area (Å²) in [4.78, 5) is 19.8. The summed E-state index contributed by atoms with van der Waals surface area (Å²) in [6.45, 7) is 0. The summed E-state index contributed by atoms with van der Waals surface area (Å²) in [7, 11) is 0. The van der Waals surface area contributed by atoms with Gasteiger partial charge in [0.05, 0.1) is 23.0 Å². The number of aliphatic hydroxyl groups excluding tert-OH is 1. The number of aromatic nitrogens is 2. The molecule has 7 nitrogen and oxygen atoms in total. The van der Waals surface area contributed by atoms with Crippen molar-refractivity contribution in [3.8, 4) is 0 Å². The Hall–Kier alpha value is -3.42. The van der Waals surface area contributed by atoms with E-state index >= 15 is 0 Å². The van der Waals surface area contributed by atoms with E-state index in [9.17, 15) is 9.90 Å². The van der Waals surface area contributed by atoms with Gasteiger partial charge in [0, 0.05) is 5.02 Å². The van der Waals surface area contributed by atoms with Crippen LogP contribution in [0.1, 0.15) is 17.6 Å². The maximum Gasteiger partial charge on any atom is 0.276 e. The van der Waals surface area contributed by atoms with Gasteiger partial charge >= 0.3 is 0 Å². The highest BCUT2D eigenvalue weighted by molar-refractivity contribution is 6.31. The summed E-state index contributed by atoms with van der Waals surface area (Å²) >= 11 is 5.97. The third-order valence-corrected chi connectivity index (χ3v) is 4.28. The second-order valence-electron chi connectivity index (χ2n) is 5.97. The van der Waals surface area contributed by atoms with Gasteiger partial charge in [-0.1, -0.05) is 29.8 Å². The molecule has 28 heavy (non-hydrogen) atoms. The second kappa shape index (κ2) is 7.67. The van der Waals surface area contributed by atoms with Crippen molar-refractivity contribution >= 4 is 34.0 Å². The van der Waals surface area contributed by atoms with Crippen LogP contribution in [-0.4, -0.2) is 20.8 Å². The topological polar surface area (TPSA) is 104 Å². The lowest BCUT2D eigenvalue weighted by Gasteiger charge is -2.12. The number of anilines is 1. The average molecular weight is 395 g/mol. The molecule has 2 aromatic carbocycles. The molecule has 0 amide bonds. The lowest BCUT2D eigenvalue weighted by atomic mass is 10.1. The number of aromatic amines is 1. The Labute approximate surface area is 164 Å². The molecule has 0 bridgehead atoms. The molecule has 0 unspecified atom stereocenters. The van der Waals surface area contributed by atoms with E-state index in [1.807, 2.05) is 18.2 Å². The minimum atomic E-state index is -1.29. The smallest absolute Gasteiger partial charge is 0.276 e. The van der Waals surface area contributed by atoms with Crippen molar-refractivity contribution < 1.29 is 9.52 Å². The first kappa shape index (κ1) is 18.0. The van der Waals surface area contributed by atoms with Crippen LogP contribution in [-0.2, 0) is 0 Å². The maximum atomic E-state index is 12.7. The van der Waals surface area contributed by atoms with Crippen LogP contribution in [0.15, 0.2) is 81.2 Å². The van der Waals surface area contributed by atoms with E-state index in [1.165, 1.54) is 6.26 Å². The maximum absolute atomic E-state index is 12.7. The number of hydrazone groups is 1. The normalized spacial score (nSPS) is 12.9. The third-order valence-electron chi connectivity index (χ3n) is 4.05. The van der Waals surface area contributed by atoms with Gasteiger partial charge in [-0.25, -0.2) is 4.98 Å². The van der Waals surface area contributed by atoms with Crippen LogP contribution in [0, 0.1) is 0 Å². The molecule has 140 valence electrons. The Morgan fingerprint density at radius 3 is 2.75 bits per heavy atom.